The minimum atomic E-state index is -0.411. The lowest BCUT2D eigenvalue weighted by Gasteiger charge is -2.21. The van der Waals surface area contributed by atoms with Crippen LogP contribution in [-0.2, 0) is 5.75 Å². The maximum Gasteiger partial charge on any atom is 0.274 e. The van der Waals surface area contributed by atoms with Gasteiger partial charge in [0.25, 0.3) is 5.69 Å². The molecular weight excluding hydrogens is 338 g/mol. The summed E-state index contributed by atoms with van der Waals surface area (Å²) in [7, 11) is 0. The molecule has 1 aromatic heterocycles. The normalized spacial score (nSPS) is 15.7. The Bertz CT molecular complexity index is 702. The molecule has 1 heterocycles. The average molecular weight is 354 g/mol. The van der Waals surface area contributed by atoms with Crippen LogP contribution in [0.1, 0.15) is 43.7 Å². The van der Waals surface area contributed by atoms with Gasteiger partial charge >= 0.3 is 0 Å². The van der Waals surface area contributed by atoms with Gasteiger partial charge in [-0.25, -0.2) is 4.68 Å². The lowest BCUT2D eigenvalue weighted by Crippen LogP contribution is -2.15. The van der Waals surface area contributed by atoms with Gasteiger partial charge in [0.1, 0.15) is 0 Å². The number of hydrogen-bond acceptors (Lipinski definition) is 6. The molecule has 1 aliphatic rings. The number of nitrogens with zero attached hydrogens (tertiary/aromatic N) is 5. The SMILES string of the molecule is O=[N+]([O-])c1cccc(Cl)c1CSc1nnnn1C1CCCCC1. The van der Waals surface area contributed by atoms with E-state index >= 15 is 0 Å². The fourth-order valence-electron chi connectivity index (χ4n) is 2.83. The quantitative estimate of drug-likeness (QED) is 0.458. The van der Waals surface area contributed by atoms with E-state index in [0.717, 1.165) is 12.8 Å². The molecule has 0 unspecified atom stereocenters. The van der Waals surface area contributed by atoms with Gasteiger partial charge in [-0.05, 0) is 29.3 Å². The van der Waals surface area contributed by atoms with E-state index in [2.05, 4.69) is 15.5 Å². The van der Waals surface area contributed by atoms with E-state index in [0.29, 0.717) is 27.5 Å². The highest BCUT2D eigenvalue weighted by atomic mass is 35.5. The van der Waals surface area contributed by atoms with E-state index in [1.54, 1.807) is 12.1 Å². The molecule has 2 aromatic rings. The summed E-state index contributed by atoms with van der Waals surface area (Å²) in [5, 5.41) is 24.1. The van der Waals surface area contributed by atoms with Crippen molar-refractivity contribution in [2.24, 2.45) is 0 Å². The number of thioether (sulfide) groups is 1. The minimum absolute atomic E-state index is 0.0293. The van der Waals surface area contributed by atoms with Gasteiger partial charge in [0.15, 0.2) is 0 Å². The Balaban J connectivity index is 1.77. The van der Waals surface area contributed by atoms with Crippen LogP contribution in [0.4, 0.5) is 5.69 Å². The molecule has 1 fully saturated rings. The van der Waals surface area contributed by atoms with Crippen molar-refractivity contribution in [2.45, 2.75) is 49.1 Å². The lowest BCUT2D eigenvalue weighted by molar-refractivity contribution is -0.385. The molecule has 0 amide bonds. The number of hydrogen-bond donors (Lipinski definition) is 0. The fourth-order valence-corrected chi connectivity index (χ4v) is 4.14. The molecule has 0 atom stereocenters. The van der Waals surface area contributed by atoms with Crippen molar-refractivity contribution in [3.63, 3.8) is 0 Å². The fraction of sp³-hybridized carbons (Fsp3) is 0.500. The van der Waals surface area contributed by atoms with Gasteiger partial charge in [-0.3, -0.25) is 10.1 Å². The molecule has 7 nitrogen and oxygen atoms in total. The van der Waals surface area contributed by atoms with Crippen molar-refractivity contribution < 1.29 is 4.92 Å². The Kier molecular flexibility index (Phi) is 5.12. The predicted molar refractivity (Wildman–Crippen MR) is 87.6 cm³/mol. The Labute approximate surface area is 142 Å². The van der Waals surface area contributed by atoms with E-state index in [4.69, 9.17) is 11.6 Å². The number of nitro benzene ring substituents is 1. The third-order valence-corrected chi connectivity index (χ3v) is 5.33. The van der Waals surface area contributed by atoms with Gasteiger partial charge in [0.2, 0.25) is 5.16 Å². The van der Waals surface area contributed by atoms with Crippen LogP contribution >= 0.6 is 23.4 Å². The first-order valence-corrected chi connectivity index (χ1v) is 8.85. The summed E-state index contributed by atoms with van der Waals surface area (Å²) in [4.78, 5) is 10.7. The van der Waals surface area contributed by atoms with Gasteiger partial charge in [0, 0.05) is 11.8 Å². The minimum Gasteiger partial charge on any atom is -0.258 e. The van der Waals surface area contributed by atoms with Crippen LogP contribution in [0.15, 0.2) is 23.4 Å². The Morgan fingerprint density at radius 2 is 2.13 bits per heavy atom. The summed E-state index contributed by atoms with van der Waals surface area (Å²) in [6.45, 7) is 0. The Morgan fingerprint density at radius 3 is 2.87 bits per heavy atom. The highest BCUT2D eigenvalue weighted by Gasteiger charge is 2.22. The number of nitro groups is 1. The van der Waals surface area contributed by atoms with Gasteiger partial charge < -0.3 is 0 Å². The zero-order valence-electron chi connectivity index (χ0n) is 12.4. The van der Waals surface area contributed by atoms with Crippen molar-refractivity contribution in [2.75, 3.05) is 0 Å². The van der Waals surface area contributed by atoms with Crippen molar-refractivity contribution >= 4 is 29.1 Å². The first kappa shape index (κ1) is 16.2. The van der Waals surface area contributed by atoms with E-state index in [1.807, 2.05) is 4.68 Å². The van der Waals surface area contributed by atoms with Gasteiger partial charge in [-0.1, -0.05) is 48.7 Å². The largest absolute Gasteiger partial charge is 0.274 e. The molecule has 1 saturated carbocycles. The van der Waals surface area contributed by atoms with E-state index in [-0.39, 0.29) is 5.69 Å². The summed E-state index contributed by atoms with van der Waals surface area (Å²) in [5.41, 5.74) is 0.532. The van der Waals surface area contributed by atoms with Crippen LogP contribution in [0.2, 0.25) is 5.02 Å². The first-order chi connectivity index (χ1) is 11.2. The van der Waals surface area contributed by atoms with E-state index in [1.165, 1.54) is 37.1 Å². The molecule has 0 saturated heterocycles. The second-order valence-corrected chi connectivity index (χ2v) is 6.83. The molecule has 9 heteroatoms. The number of rotatable bonds is 5. The molecule has 3 rings (SSSR count). The maximum atomic E-state index is 11.1. The van der Waals surface area contributed by atoms with Crippen LogP contribution in [0, 0.1) is 10.1 Å². The summed E-state index contributed by atoms with van der Waals surface area (Å²) in [6, 6.07) is 5.03. The summed E-state index contributed by atoms with van der Waals surface area (Å²) in [5.74, 6) is 0.364. The van der Waals surface area contributed by atoms with Crippen LogP contribution in [-0.4, -0.2) is 25.1 Å². The zero-order chi connectivity index (χ0) is 16.2. The van der Waals surface area contributed by atoms with E-state index < -0.39 is 4.92 Å². The Hall–Kier alpha value is -1.67. The number of aromatic nitrogens is 4. The molecule has 23 heavy (non-hydrogen) atoms. The topological polar surface area (TPSA) is 86.7 Å². The molecule has 0 spiro atoms. The summed E-state index contributed by atoms with van der Waals surface area (Å²) >= 11 is 7.51. The van der Waals surface area contributed by atoms with Crippen molar-refractivity contribution in [1.29, 1.82) is 0 Å². The molecule has 0 aliphatic heterocycles. The number of halogens is 1. The van der Waals surface area contributed by atoms with Crippen molar-refractivity contribution in [3.05, 3.63) is 38.9 Å². The van der Waals surface area contributed by atoms with Crippen molar-refractivity contribution in [1.82, 2.24) is 20.2 Å². The predicted octanol–water partition coefficient (Wildman–Crippen LogP) is 4.03. The van der Waals surface area contributed by atoms with Crippen LogP contribution < -0.4 is 0 Å². The van der Waals surface area contributed by atoms with Crippen LogP contribution in [0.5, 0.6) is 0 Å². The molecule has 122 valence electrons. The first-order valence-electron chi connectivity index (χ1n) is 7.49. The monoisotopic (exact) mass is 353 g/mol. The number of tetrazole rings is 1. The Morgan fingerprint density at radius 1 is 1.35 bits per heavy atom. The molecule has 0 bridgehead atoms. The summed E-state index contributed by atoms with van der Waals surface area (Å²) < 4.78 is 1.85. The highest BCUT2D eigenvalue weighted by Crippen LogP contribution is 2.34. The van der Waals surface area contributed by atoms with Crippen LogP contribution in [0.3, 0.4) is 0 Å². The second kappa shape index (κ2) is 7.27. The molecule has 1 aromatic carbocycles. The zero-order valence-corrected chi connectivity index (χ0v) is 14.0. The second-order valence-electron chi connectivity index (χ2n) is 5.48. The standard InChI is InChI=1S/C14H16ClN5O2S/c15-12-7-4-8-13(20(21)22)11(12)9-23-14-16-17-18-19(14)10-5-2-1-3-6-10/h4,7-8,10H,1-3,5-6,9H2. The number of benzene rings is 1. The third kappa shape index (κ3) is 3.64. The lowest BCUT2D eigenvalue weighted by atomic mass is 9.96. The smallest absolute Gasteiger partial charge is 0.258 e. The third-order valence-electron chi connectivity index (χ3n) is 4.02. The molecule has 0 radical (unpaired) electrons. The van der Waals surface area contributed by atoms with Crippen LogP contribution in [0.25, 0.3) is 0 Å². The summed E-state index contributed by atoms with van der Waals surface area (Å²) in [6.07, 6.45) is 5.78. The van der Waals surface area contributed by atoms with E-state index in [9.17, 15) is 10.1 Å². The van der Waals surface area contributed by atoms with Crippen molar-refractivity contribution in [3.8, 4) is 0 Å². The molecule has 1 aliphatic carbocycles. The highest BCUT2D eigenvalue weighted by molar-refractivity contribution is 7.98. The maximum absolute atomic E-state index is 11.1. The van der Waals surface area contributed by atoms with Gasteiger partial charge in [-0.2, -0.15) is 0 Å². The average Bonchev–Trinajstić information content (AvgIpc) is 3.02. The molecule has 0 N–H and O–H groups in total. The van der Waals surface area contributed by atoms with Gasteiger partial charge in [0.05, 0.1) is 21.6 Å². The van der Waals surface area contributed by atoms with Gasteiger partial charge in [-0.15, -0.1) is 5.10 Å². The molecular formula is C14H16ClN5O2S.